The van der Waals surface area contributed by atoms with Crippen LogP contribution in [0.1, 0.15) is 24.5 Å². The molecule has 0 aliphatic heterocycles. The van der Waals surface area contributed by atoms with E-state index in [1.165, 1.54) is 0 Å². The SMILES string of the molecule is CC/C(=C(\C(=O)Nc1ccc(OCCN(C)C)cc1)c1ccc(OCOC)cc1)c1ccccc1. The summed E-state index contributed by atoms with van der Waals surface area (Å²) in [5.41, 5.74) is 4.14. The van der Waals surface area contributed by atoms with Gasteiger partial charge in [-0.2, -0.15) is 0 Å². The molecule has 3 aromatic rings. The van der Waals surface area contributed by atoms with Crippen LogP contribution in [-0.2, 0) is 9.53 Å². The summed E-state index contributed by atoms with van der Waals surface area (Å²) in [7, 11) is 5.59. The van der Waals surface area contributed by atoms with Gasteiger partial charge in [0.2, 0.25) is 0 Å². The Morgan fingerprint density at radius 1 is 0.829 bits per heavy atom. The zero-order valence-electron chi connectivity index (χ0n) is 20.9. The van der Waals surface area contributed by atoms with Crippen molar-refractivity contribution in [3.63, 3.8) is 0 Å². The van der Waals surface area contributed by atoms with Crippen LogP contribution in [0.4, 0.5) is 5.69 Å². The third kappa shape index (κ3) is 7.70. The average molecular weight is 475 g/mol. The predicted octanol–water partition coefficient (Wildman–Crippen LogP) is 5.57. The van der Waals surface area contributed by atoms with E-state index in [0.717, 1.165) is 29.0 Å². The molecule has 0 saturated heterocycles. The maximum atomic E-state index is 13.6. The summed E-state index contributed by atoms with van der Waals surface area (Å²) in [5.74, 6) is 1.28. The molecular formula is C29H34N2O4. The van der Waals surface area contributed by atoms with E-state index in [9.17, 15) is 4.79 Å². The number of carbonyl (C=O) groups excluding carboxylic acids is 1. The second-order valence-corrected chi connectivity index (χ2v) is 8.28. The highest BCUT2D eigenvalue weighted by Crippen LogP contribution is 2.31. The highest BCUT2D eigenvalue weighted by atomic mass is 16.7. The van der Waals surface area contributed by atoms with Crippen molar-refractivity contribution < 1.29 is 19.0 Å². The number of anilines is 1. The number of nitrogens with zero attached hydrogens (tertiary/aromatic N) is 1. The van der Waals surface area contributed by atoms with E-state index < -0.39 is 0 Å². The Balaban J connectivity index is 1.88. The molecular weight excluding hydrogens is 440 g/mol. The maximum absolute atomic E-state index is 13.6. The number of ether oxygens (including phenoxy) is 3. The molecule has 6 nitrogen and oxygen atoms in total. The van der Waals surface area contributed by atoms with Crippen LogP contribution < -0.4 is 14.8 Å². The van der Waals surface area contributed by atoms with Gasteiger partial charge in [-0.3, -0.25) is 4.79 Å². The lowest BCUT2D eigenvalue weighted by Gasteiger charge is -2.16. The van der Waals surface area contributed by atoms with Crippen LogP contribution in [-0.4, -0.2) is 52.0 Å². The molecule has 3 rings (SSSR count). The second kappa shape index (κ2) is 13.3. The van der Waals surface area contributed by atoms with Crippen molar-refractivity contribution in [1.82, 2.24) is 4.90 Å². The summed E-state index contributed by atoms with van der Waals surface area (Å²) in [5, 5.41) is 3.06. The molecule has 6 heteroatoms. The fourth-order valence-corrected chi connectivity index (χ4v) is 3.63. The monoisotopic (exact) mass is 474 g/mol. The number of nitrogens with one attached hydrogen (secondary N) is 1. The molecule has 35 heavy (non-hydrogen) atoms. The number of carbonyl (C=O) groups is 1. The van der Waals surface area contributed by atoms with Crippen molar-refractivity contribution in [2.45, 2.75) is 13.3 Å². The highest BCUT2D eigenvalue weighted by Gasteiger charge is 2.19. The number of benzene rings is 3. The Morgan fingerprint density at radius 3 is 2.06 bits per heavy atom. The fraction of sp³-hybridized carbons (Fsp3) is 0.276. The van der Waals surface area contributed by atoms with Crippen molar-refractivity contribution >= 4 is 22.7 Å². The van der Waals surface area contributed by atoms with Gasteiger partial charge in [0, 0.05) is 19.3 Å². The summed E-state index contributed by atoms with van der Waals surface area (Å²) in [6, 6.07) is 25.0. The van der Waals surface area contributed by atoms with E-state index in [2.05, 4.69) is 17.1 Å². The minimum absolute atomic E-state index is 0.168. The number of methoxy groups -OCH3 is 1. The first kappa shape index (κ1) is 26.0. The third-order valence-corrected chi connectivity index (χ3v) is 5.41. The minimum Gasteiger partial charge on any atom is -0.492 e. The molecule has 3 aromatic carbocycles. The predicted molar refractivity (Wildman–Crippen MR) is 142 cm³/mol. The highest BCUT2D eigenvalue weighted by molar-refractivity contribution is 6.31. The van der Waals surface area contributed by atoms with Crippen molar-refractivity contribution in [2.24, 2.45) is 0 Å². The molecule has 0 aliphatic carbocycles. The van der Waals surface area contributed by atoms with Crippen molar-refractivity contribution in [1.29, 1.82) is 0 Å². The Hall–Kier alpha value is -3.61. The summed E-state index contributed by atoms with van der Waals surface area (Å²) in [4.78, 5) is 15.7. The first-order valence-corrected chi connectivity index (χ1v) is 11.7. The number of allylic oxidation sites excluding steroid dienone is 1. The molecule has 0 aliphatic rings. The van der Waals surface area contributed by atoms with Gasteiger partial charge in [-0.05, 0) is 73.6 Å². The quantitative estimate of drug-likeness (QED) is 0.211. The average Bonchev–Trinajstić information content (AvgIpc) is 2.87. The van der Waals surface area contributed by atoms with Gasteiger partial charge in [-0.1, -0.05) is 49.4 Å². The molecule has 184 valence electrons. The van der Waals surface area contributed by atoms with E-state index in [-0.39, 0.29) is 12.7 Å². The molecule has 1 N–H and O–H groups in total. The third-order valence-electron chi connectivity index (χ3n) is 5.41. The van der Waals surface area contributed by atoms with E-state index >= 15 is 0 Å². The molecule has 0 radical (unpaired) electrons. The zero-order chi connectivity index (χ0) is 25.0. The summed E-state index contributed by atoms with van der Waals surface area (Å²) in [6.45, 7) is 3.67. The van der Waals surface area contributed by atoms with Crippen LogP contribution in [0.2, 0.25) is 0 Å². The van der Waals surface area contributed by atoms with Gasteiger partial charge in [0.25, 0.3) is 5.91 Å². The number of hydrogen-bond donors (Lipinski definition) is 1. The summed E-state index contributed by atoms with van der Waals surface area (Å²) >= 11 is 0. The molecule has 0 bridgehead atoms. The smallest absolute Gasteiger partial charge is 0.256 e. The summed E-state index contributed by atoms with van der Waals surface area (Å²) in [6.07, 6.45) is 0.702. The second-order valence-electron chi connectivity index (χ2n) is 8.28. The van der Waals surface area contributed by atoms with Gasteiger partial charge < -0.3 is 24.4 Å². The first-order valence-electron chi connectivity index (χ1n) is 11.7. The van der Waals surface area contributed by atoms with Crippen LogP contribution >= 0.6 is 0 Å². The number of hydrogen-bond acceptors (Lipinski definition) is 5. The Bertz CT molecular complexity index is 1090. The van der Waals surface area contributed by atoms with Gasteiger partial charge in [0.15, 0.2) is 6.79 Å². The molecule has 0 saturated carbocycles. The largest absolute Gasteiger partial charge is 0.492 e. The molecule has 0 heterocycles. The van der Waals surface area contributed by atoms with Crippen LogP contribution in [0.3, 0.4) is 0 Å². The van der Waals surface area contributed by atoms with E-state index in [4.69, 9.17) is 14.2 Å². The Kier molecular flexibility index (Phi) is 9.90. The lowest BCUT2D eigenvalue weighted by molar-refractivity contribution is -0.111. The molecule has 0 fully saturated rings. The molecule has 0 unspecified atom stereocenters. The van der Waals surface area contributed by atoms with Crippen LogP contribution in [0.5, 0.6) is 11.5 Å². The lowest BCUT2D eigenvalue weighted by Crippen LogP contribution is -2.19. The van der Waals surface area contributed by atoms with Crippen molar-refractivity contribution in [2.75, 3.05) is 46.5 Å². The van der Waals surface area contributed by atoms with Gasteiger partial charge in [0.05, 0.1) is 5.57 Å². The fourth-order valence-electron chi connectivity index (χ4n) is 3.63. The van der Waals surface area contributed by atoms with Crippen LogP contribution in [0, 0.1) is 0 Å². The van der Waals surface area contributed by atoms with Gasteiger partial charge >= 0.3 is 0 Å². The summed E-state index contributed by atoms with van der Waals surface area (Å²) < 4.78 is 16.3. The van der Waals surface area contributed by atoms with Crippen LogP contribution in [0.15, 0.2) is 78.9 Å². The van der Waals surface area contributed by atoms with E-state index in [1.807, 2.05) is 93.0 Å². The minimum atomic E-state index is -0.169. The number of likely N-dealkylation sites (N-methyl/N-ethyl adjacent to an activating group) is 1. The Labute approximate surface area is 208 Å². The van der Waals surface area contributed by atoms with Crippen LogP contribution in [0.25, 0.3) is 11.1 Å². The number of rotatable bonds is 12. The first-order chi connectivity index (χ1) is 17.0. The van der Waals surface area contributed by atoms with Gasteiger partial charge in [0.1, 0.15) is 18.1 Å². The molecule has 0 atom stereocenters. The zero-order valence-corrected chi connectivity index (χ0v) is 20.9. The standard InChI is InChI=1S/C29H34N2O4/c1-5-27(22-9-7-6-8-10-22)28(23-11-15-26(16-12-23)35-21-33-4)29(32)30-24-13-17-25(18-14-24)34-20-19-31(2)3/h6-18H,5,19-21H2,1-4H3,(H,30,32)/b28-27+. The molecule has 1 amide bonds. The lowest BCUT2D eigenvalue weighted by atomic mass is 9.92. The van der Waals surface area contributed by atoms with Crippen molar-refractivity contribution in [3.05, 3.63) is 90.0 Å². The normalized spacial score (nSPS) is 11.7. The molecule has 0 spiro atoms. The van der Waals surface area contributed by atoms with E-state index in [0.29, 0.717) is 30.0 Å². The van der Waals surface area contributed by atoms with E-state index in [1.54, 1.807) is 7.11 Å². The van der Waals surface area contributed by atoms with Gasteiger partial charge in [-0.25, -0.2) is 0 Å². The Morgan fingerprint density at radius 2 is 1.46 bits per heavy atom. The number of amides is 1. The van der Waals surface area contributed by atoms with Crippen molar-refractivity contribution in [3.8, 4) is 11.5 Å². The van der Waals surface area contributed by atoms with Gasteiger partial charge in [-0.15, -0.1) is 0 Å². The topological polar surface area (TPSA) is 60.0 Å². The molecule has 0 aromatic heterocycles. The maximum Gasteiger partial charge on any atom is 0.256 e.